The van der Waals surface area contributed by atoms with Gasteiger partial charge >= 0.3 is 0 Å². The zero-order valence-electron chi connectivity index (χ0n) is 14.9. The maximum Gasteiger partial charge on any atom is 0.261 e. The lowest BCUT2D eigenvalue weighted by atomic mass is 10.2. The van der Waals surface area contributed by atoms with Crippen LogP contribution in [0.1, 0.15) is 13.3 Å². The van der Waals surface area contributed by atoms with Crippen LogP contribution in [0.2, 0.25) is 0 Å². The van der Waals surface area contributed by atoms with E-state index in [0.29, 0.717) is 36.8 Å². The van der Waals surface area contributed by atoms with E-state index < -0.39 is 6.10 Å². The number of carbonyl (C=O) groups excluding carboxylic acids is 1. The fourth-order valence-corrected chi connectivity index (χ4v) is 2.68. The molecule has 0 saturated carbocycles. The van der Waals surface area contributed by atoms with Crippen LogP contribution in [0.4, 0.5) is 0 Å². The second-order valence-electron chi connectivity index (χ2n) is 5.91. The topological polar surface area (TPSA) is 66.0 Å². The molecule has 0 aliphatic carbocycles. The van der Waals surface area contributed by atoms with Gasteiger partial charge in [0.1, 0.15) is 12.7 Å². The Labute approximate surface area is 153 Å². The molecule has 6 heteroatoms. The average molecular weight is 357 g/mol. The number of nitrogens with one attached hydrogen (secondary N) is 1. The maximum atomic E-state index is 12.5. The number of carbonyl (C=O) groups is 1. The van der Waals surface area contributed by atoms with Gasteiger partial charge in [0, 0.05) is 0 Å². The fourth-order valence-electron chi connectivity index (χ4n) is 2.68. The molecule has 1 amide bonds. The molecule has 3 rings (SSSR count). The molecule has 2 aromatic carbocycles. The molecule has 26 heavy (non-hydrogen) atoms. The van der Waals surface area contributed by atoms with Crippen molar-refractivity contribution in [1.82, 2.24) is 5.32 Å². The molecule has 1 aliphatic heterocycles. The Hall–Kier alpha value is -2.89. The summed E-state index contributed by atoms with van der Waals surface area (Å²) < 4.78 is 22.6. The van der Waals surface area contributed by atoms with Gasteiger partial charge in [-0.1, -0.05) is 31.2 Å². The average Bonchev–Trinajstić information content (AvgIpc) is 2.70. The molecule has 2 atom stereocenters. The lowest BCUT2D eigenvalue weighted by Crippen LogP contribution is -2.45. The molecule has 0 aromatic heterocycles. The van der Waals surface area contributed by atoms with E-state index in [0.717, 1.165) is 5.75 Å². The molecule has 6 nitrogen and oxygen atoms in total. The van der Waals surface area contributed by atoms with Gasteiger partial charge < -0.3 is 24.3 Å². The van der Waals surface area contributed by atoms with Crippen molar-refractivity contribution < 1.29 is 23.7 Å². The van der Waals surface area contributed by atoms with Crippen LogP contribution >= 0.6 is 0 Å². The Balaban J connectivity index is 1.55. The van der Waals surface area contributed by atoms with E-state index >= 15 is 0 Å². The van der Waals surface area contributed by atoms with Crippen molar-refractivity contribution in [3.8, 4) is 23.0 Å². The summed E-state index contributed by atoms with van der Waals surface area (Å²) in [6.45, 7) is 2.64. The molecule has 138 valence electrons. The minimum Gasteiger partial charge on any atom is -0.493 e. The standard InChI is InChI=1S/C20H23NO5/c1-3-15(26-18-10-6-4-8-16(18)23-2)20(22)21-12-14-13-24-17-9-5-7-11-19(17)25-14/h4-11,14-15H,3,12-13H2,1-2H3,(H,21,22). The second kappa shape index (κ2) is 8.47. The molecular weight excluding hydrogens is 334 g/mol. The van der Waals surface area contributed by atoms with Gasteiger partial charge in [0.2, 0.25) is 0 Å². The summed E-state index contributed by atoms with van der Waals surface area (Å²) in [4.78, 5) is 12.5. The Morgan fingerprint density at radius 1 is 1.15 bits per heavy atom. The van der Waals surface area contributed by atoms with Crippen molar-refractivity contribution in [2.24, 2.45) is 0 Å². The quantitative estimate of drug-likeness (QED) is 0.825. The first-order chi connectivity index (χ1) is 12.7. The molecule has 2 unspecified atom stereocenters. The van der Waals surface area contributed by atoms with Crippen molar-refractivity contribution in [3.63, 3.8) is 0 Å². The molecule has 1 heterocycles. The van der Waals surface area contributed by atoms with E-state index in [-0.39, 0.29) is 12.0 Å². The van der Waals surface area contributed by atoms with Gasteiger partial charge in [0.15, 0.2) is 29.1 Å². The minimum atomic E-state index is -0.608. The molecule has 0 spiro atoms. The van der Waals surface area contributed by atoms with E-state index in [1.807, 2.05) is 43.3 Å². The normalized spacial score (nSPS) is 16.5. The lowest BCUT2D eigenvalue weighted by molar-refractivity contribution is -0.128. The van der Waals surface area contributed by atoms with Crippen molar-refractivity contribution in [1.29, 1.82) is 0 Å². The van der Waals surface area contributed by atoms with Gasteiger partial charge in [-0.3, -0.25) is 4.79 Å². The van der Waals surface area contributed by atoms with Gasteiger partial charge in [-0.25, -0.2) is 0 Å². The summed E-state index contributed by atoms with van der Waals surface area (Å²) in [6.07, 6.45) is -0.310. The maximum absolute atomic E-state index is 12.5. The van der Waals surface area contributed by atoms with E-state index in [2.05, 4.69) is 5.32 Å². The number of ether oxygens (including phenoxy) is 4. The highest BCUT2D eigenvalue weighted by Crippen LogP contribution is 2.31. The molecule has 0 fully saturated rings. The van der Waals surface area contributed by atoms with Crippen LogP contribution in [0.3, 0.4) is 0 Å². The predicted molar refractivity (Wildman–Crippen MR) is 97.1 cm³/mol. The number of para-hydroxylation sites is 4. The van der Waals surface area contributed by atoms with E-state index in [1.54, 1.807) is 19.2 Å². The van der Waals surface area contributed by atoms with Crippen LogP contribution in [0.5, 0.6) is 23.0 Å². The highest BCUT2D eigenvalue weighted by Gasteiger charge is 2.24. The van der Waals surface area contributed by atoms with Gasteiger partial charge in [-0.15, -0.1) is 0 Å². The Kier molecular flexibility index (Phi) is 5.84. The first kappa shape index (κ1) is 17.9. The van der Waals surface area contributed by atoms with Crippen LogP contribution in [0.15, 0.2) is 48.5 Å². The molecule has 0 radical (unpaired) electrons. The van der Waals surface area contributed by atoms with Gasteiger partial charge in [0.05, 0.1) is 13.7 Å². The Morgan fingerprint density at radius 3 is 2.58 bits per heavy atom. The minimum absolute atomic E-state index is 0.194. The fraction of sp³-hybridized carbons (Fsp3) is 0.350. The molecule has 2 aromatic rings. The number of amides is 1. The van der Waals surface area contributed by atoms with E-state index in [9.17, 15) is 4.79 Å². The largest absolute Gasteiger partial charge is 0.493 e. The predicted octanol–water partition coefficient (Wildman–Crippen LogP) is 2.81. The summed E-state index contributed by atoms with van der Waals surface area (Å²) in [5.74, 6) is 2.36. The summed E-state index contributed by atoms with van der Waals surface area (Å²) in [7, 11) is 1.57. The van der Waals surface area contributed by atoms with Crippen LogP contribution in [-0.4, -0.2) is 38.4 Å². The highest BCUT2D eigenvalue weighted by atomic mass is 16.6. The van der Waals surface area contributed by atoms with Gasteiger partial charge in [0.25, 0.3) is 5.91 Å². The van der Waals surface area contributed by atoms with E-state index in [1.165, 1.54) is 0 Å². The number of hydrogen-bond acceptors (Lipinski definition) is 5. The van der Waals surface area contributed by atoms with Crippen molar-refractivity contribution in [2.75, 3.05) is 20.3 Å². The molecule has 0 saturated heterocycles. The van der Waals surface area contributed by atoms with Crippen molar-refractivity contribution in [2.45, 2.75) is 25.6 Å². The monoisotopic (exact) mass is 357 g/mol. The lowest BCUT2D eigenvalue weighted by Gasteiger charge is -2.27. The van der Waals surface area contributed by atoms with Gasteiger partial charge in [-0.2, -0.15) is 0 Å². The number of rotatable bonds is 7. The number of methoxy groups -OCH3 is 1. The van der Waals surface area contributed by atoms with Crippen LogP contribution in [0.25, 0.3) is 0 Å². The SMILES string of the molecule is CCC(Oc1ccccc1OC)C(=O)NCC1COc2ccccc2O1. The third-order valence-electron chi connectivity index (χ3n) is 4.07. The summed E-state index contributed by atoms with van der Waals surface area (Å²) >= 11 is 0. The van der Waals surface area contributed by atoms with E-state index in [4.69, 9.17) is 18.9 Å². The summed E-state index contributed by atoms with van der Waals surface area (Å²) in [5, 5.41) is 2.88. The van der Waals surface area contributed by atoms with Crippen LogP contribution < -0.4 is 24.3 Å². The molecule has 1 N–H and O–H groups in total. The third-order valence-corrected chi connectivity index (χ3v) is 4.07. The van der Waals surface area contributed by atoms with Crippen LogP contribution in [0, 0.1) is 0 Å². The summed E-state index contributed by atoms with van der Waals surface area (Å²) in [6, 6.07) is 14.8. The van der Waals surface area contributed by atoms with Crippen molar-refractivity contribution >= 4 is 5.91 Å². The third kappa shape index (κ3) is 4.20. The Bertz CT molecular complexity index is 748. The molecule has 0 bridgehead atoms. The number of hydrogen-bond donors (Lipinski definition) is 1. The number of fused-ring (bicyclic) bond motifs is 1. The Morgan fingerprint density at radius 2 is 1.85 bits per heavy atom. The van der Waals surface area contributed by atoms with Gasteiger partial charge in [-0.05, 0) is 30.7 Å². The van der Waals surface area contributed by atoms with Crippen LogP contribution in [-0.2, 0) is 4.79 Å². The zero-order valence-corrected chi connectivity index (χ0v) is 14.9. The first-order valence-corrected chi connectivity index (χ1v) is 8.67. The molecular formula is C20H23NO5. The second-order valence-corrected chi connectivity index (χ2v) is 5.91. The first-order valence-electron chi connectivity index (χ1n) is 8.67. The number of benzene rings is 2. The zero-order chi connectivity index (χ0) is 18.4. The summed E-state index contributed by atoms with van der Waals surface area (Å²) in [5.41, 5.74) is 0. The van der Waals surface area contributed by atoms with Crippen molar-refractivity contribution in [3.05, 3.63) is 48.5 Å². The highest BCUT2D eigenvalue weighted by molar-refractivity contribution is 5.81. The smallest absolute Gasteiger partial charge is 0.261 e. The molecule has 1 aliphatic rings.